The molecule has 2 amide bonds. The van der Waals surface area contributed by atoms with Crippen molar-refractivity contribution in [3.05, 3.63) is 29.3 Å². The average molecular weight is 301 g/mol. The number of halogens is 1. The summed E-state index contributed by atoms with van der Waals surface area (Å²) in [5.41, 5.74) is 0.439. The van der Waals surface area contributed by atoms with Gasteiger partial charge in [0.2, 0.25) is 0 Å². The number of carbonyl (C=O) groups is 2. The number of hydrogen-bond acceptors (Lipinski definition) is 3. The third-order valence-corrected chi connectivity index (χ3v) is 2.84. The zero-order valence-corrected chi connectivity index (χ0v) is 12.1. The monoisotopic (exact) mass is 300 g/mol. The smallest absolute Gasteiger partial charge is 0.324 e. The number of likely N-dealkylation sites (N-methyl/N-ethyl adjacent to an activating group) is 1. The normalized spacial score (nSPS) is 10.2. The molecule has 110 valence electrons. The number of carbonyl (C=O) groups excluding carboxylic acids is 1. The molecule has 20 heavy (non-hydrogen) atoms. The number of aliphatic carboxylic acids is 1. The molecule has 6 nitrogen and oxygen atoms in total. The number of rotatable bonds is 6. The van der Waals surface area contributed by atoms with Crippen molar-refractivity contribution < 1.29 is 19.4 Å². The van der Waals surface area contributed by atoms with Crippen LogP contribution < -0.4 is 4.90 Å². The van der Waals surface area contributed by atoms with Crippen molar-refractivity contribution >= 4 is 29.3 Å². The maximum atomic E-state index is 12.3. The topological polar surface area (TPSA) is 70.1 Å². The fourth-order valence-electron chi connectivity index (χ4n) is 1.58. The van der Waals surface area contributed by atoms with Gasteiger partial charge in [-0.05, 0) is 18.2 Å². The molecule has 0 aliphatic carbocycles. The first-order valence-corrected chi connectivity index (χ1v) is 6.32. The molecule has 0 heterocycles. The van der Waals surface area contributed by atoms with Gasteiger partial charge in [0.15, 0.2) is 0 Å². The minimum Gasteiger partial charge on any atom is -0.480 e. The average Bonchev–Trinajstić information content (AvgIpc) is 2.41. The van der Waals surface area contributed by atoms with E-state index in [1.807, 2.05) is 0 Å². The molecule has 0 bridgehead atoms. The fourth-order valence-corrected chi connectivity index (χ4v) is 1.76. The summed E-state index contributed by atoms with van der Waals surface area (Å²) in [6.07, 6.45) is 0. The summed E-state index contributed by atoms with van der Waals surface area (Å²) in [6, 6.07) is 6.08. The van der Waals surface area contributed by atoms with Crippen molar-refractivity contribution in [2.45, 2.75) is 0 Å². The van der Waals surface area contributed by atoms with Crippen LogP contribution in [0.1, 0.15) is 0 Å². The molecule has 1 N–H and O–H groups in total. The Balaban J connectivity index is 2.94. The van der Waals surface area contributed by atoms with E-state index in [4.69, 9.17) is 21.4 Å². The molecular weight excluding hydrogens is 284 g/mol. The van der Waals surface area contributed by atoms with Gasteiger partial charge in [0.25, 0.3) is 0 Å². The van der Waals surface area contributed by atoms with E-state index in [0.29, 0.717) is 23.9 Å². The van der Waals surface area contributed by atoms with Crippen LogP contribution in [-0.2, 0) is 9.53 Å². The predicted molar refractivity (Wildman–Crippen MR) is 76.3 cm³/mol. The number of hydrogen-bond donors (Lipinski definition) is 1. The number of carboxylic acids is 1. The number of amides is 2. The highest BCUT2D eigenvalue weighted by molar-refractivity contribution is 6.30. The van der Waals surface area contributed by atoms with E-state index < -0.39 is 18.5 Å². The third-order valence-electron chi connectivity index (χ3n) is 2.60. The van der Waals surface area contributed by atoms with Gasteiger partial charge in [-0.3, -0.25) is 9.69 Å². The number of anilines is 1. The standard InChI is InChI=1S/C13H17ClN2O4/c1-15(6-7-20-2)13(19)16(9-12(17)18)11-5-3-4-10(14)8-11/h3-5,8H,6-7,9H2,1-2H3,(H,17,18). The largest absolute Gasteiger partial charge is 0.480 e. The zero-order valence-electron chi connectivity index (χ0n) is 11.4. The second-order valence-electron chi connectivity index (χ2n) is 4.16. The summed E-state index contributed by atoms with van der Waals surface area (Å²) in [5.74, 6) is -1.10. The molecule has 1 aromatic carbocycles. The number of urea groups is 1. The quantitative estimate of drug-likeness (QED) is 0.871. The van der Waals surface area contributed by atoms with Crippen LogP contribution in [0.2, 0.25) is 5.02 Å². The first-order chi connectivity index (χ1) is 9.45. The van der Waals surface area contributed by atoms with Crippen LogP contribution in [-0.4, -0.2) is 55.9 Å². The van der Waals surface area contributed by atoms with Crippen LogP contribution >= 0.6 is 11.6 Å². The van der Waals surface area contributed by atoms with Crippen LogP contribution in [0.15, 0.2) is 24.3 Å². The predicted octanol–water partition coefficient (Wildman–Crippen LogP) is 1.93. The molecular formula is C13H17ClN2O4. The van der Waals surface area contributed by atoms with Gasteiger partial charge in [-0.1, -0.05) is 17.7 Å². The lowest BCUT2D eigenvalue weighted by molar-refractivity contribution is -0.135. The highest BCUT2D eigenvalue weighted by Gasteiger charge is 2.22. The second kappa shape index (κ2) is 7.72. The fraction of sp³-hybridized carbons (Fsp3) is 0.385. The molecule has 1 rings (SSSR count). The molecule has 0 saturated carbocycles. The summed E-state index contributed by atoms with van der Waals surface area (Å²) in [5, 5.41) is 9.39. The van der Waals surface area contributed by atoms with E-state index in [1.54, 1.807) is 31.3 Å². The van der Waals surface area contributed by atoms with E-state index in [2.05, 4.69) is 0 Å². The van der Waals surface area contributed by atoms with Gasteiger partial charge in [-0.15, -0.1) is 0 Å². The Bertz CT molecular complexity index is 481. The second-order valence-corrected chi connectivity index (χ2v) is 4.59. The Morgan fingerprint density at radius 2 is 2.10 bits per heavy atom. The Morgan fingerprint density at radius 3 is 2.65 bits per heavy atom. The molecule has 0 saturated heterocycles. The zero-order chi connectivity index (χ0) is 15.1. The summed E-state index contributed by atoms with van der Waals surface area (Å²) in [7, 11) is 3.12. The minimum absolute atomic E-state index is 0.367. The molecule has 0 fully saturated rings. The summed E-state index contributed by atoms with van der Waals surface area (Å²) in [4.78, 5) is 25.8. The molecule has 1 aromatic rings. The van der Waals surface area contributed by atoms with Crippen LogP contribution in [0.25, 0.3) is 0 Å². The first kappa shape index (κ1) is 16.3. The SMILES string of the molecule is COCCN(C)C(=O)N(CC(=O)O)c1cccc(Cl)c1. The number of benzene rings is 1. The van der Waals surface area contributed by atoms with Crippen LogP contribution in [0.4, 0.5) is 10.5 Å². The van der Waals surface area contributed by atoms with Gasteiger partial charge in [0, 0.05) is 31.4 Å². The Kier molecular flexibility index (Phi) is 6.27. The molecule has 0 aromatic heterocycles. The van der Waals surface area contributed by atoms with E-state index in [9.17, 15) is 9.59 Å². The van der Waals surface area contributed by atoms with Crippen molar-refractivity contribution in [2.75, 3.05) is 38.8 Å². The molecule has 0 aliphatic rings. The summed E-state index contributed by atoms with van der Waals surface area (Å²) >= 11 is 5.87. The van der Waals surface area contributed by atoms with Crippen LogP contribution in [0.3, 0.4) is 0 Å². The van der Waals surface area contributed by atoms with Gasteiger partial charge in [-0.2, -0.15) is 0 Å². The highest BCUT2D eigenvalue weighted by Crippen LogP contribution is 2.20. The molecule has 0 spiro atoms. The minimum atomic E-state index is -1.10. The van der Waals surface area contributed by atoms with Crippen molar-refractivity contribution in [3.8, 4) is 0 Å². The van der Waals surface area contributed by atoms with Gasteiger partial charge in [-0.25, -0.2) is 4.79 Å². The lowest BCUT2D eigenvalue weighted by Gasteiger charge is -2.27. The van der Waals surface area contributed by atoms with E-state index in [-0.39, 0.29) is 0 Å². The Hall–Kier alpha value is -1.79. The Morgan fingerprint density at radius 1 is 1.40 bits per heavy atom. The summed E-state index contributed by atoms with van der Waals surface area (Å²) in [6.45, 7) is 0.307. The van der Waals surface area contributed by atoms with E-state index in [0.717, 1.165) is 4.90 Å². The lowest BCUT2D eigenvalue weighted by atomic mass is 10.3. The van der Waals surface area contributed by atoms with E-state index >= 15 is 0 Å². The molecule has 0 unspecified atom stereocenters. The van der Waals surface area contributed by atoms with Gasteiger partial charge < -0.3 is 14.7 Å². The molecule has 7 heteroatoms. The van der Waals surface area contributed by atoms with Gasteiger partial charge in [0.1, 0.15) is 6.54 Å². The number of nitrogens with zero attached hydrogens (tertiary/aromatic N) is 2. The maximum Gasteiger partial charge on any atom is 0.324 e. The van der Waals surface area contributed by atoms with Crippen LogP contribution in [0.5, 0.6) is 0 Å². The Labute approximate surface area is 122 Å². The van der Waals surface area contributed by atoms with Crippen molar-refractivity contribution in [3.63, 3.8) is 0 Å². The van der Waals surface area contributed by atoms with Crippen LogP contribution in [0, 0.1) is 0 Å². The number of methoxy groups -OCH3 is 1. The molecule has 0 aliphatic heterocycles. The highest BCUT2D eigenvalue weighted by atomic mass is 35.5. The maximum absolute atomic E-state index is 12.3. The van der Waals surface area contributed by atoms with Crippen molar-refractivity contribution in [2.24, 2.45) is 0 Å². The molecule has 0 radical (unpaired) electrons. The van der Waals surface area contributed by atoms with Gasteiger partial charge >= 0.3 is 12.0 Å². The number of carboxylic acid groups (broad SMARTS) is 1. The molecule has 0 atom stereocenters. The van der Waals surface area contributed by atoms with Crippen molar-refractivity contribution in [1.29, 1.82) is 0 Å². The summed E-state index contributed by atoms with van der Waals surface area (Å²) < 4.78 is 4.90. The van der Waals surface area contributed by atoms with Crippen molar-refractivity contribution in [1.82, 2.24) is 4.90 Å². The van der Waals surface area contributed by atoms with Gasteiger partial charge in [0.05, 0.1) is 6.61 Å². The van der Waals surface area contributed by atoms with E-state index in [1.165, 1.54) is 12.0 Å². The number of ether oxygens (including phenoxy) is 1. The first-order valence-electron chi connectivity index (χ1n) is 5.94. The third kappa shape index (κ3) is 4.71. The lowest BCUT2D eigenvalue weighted by Crippen LogP contribution is -2.45.